The van der Waals surface area contributed by atoms with Crippen molar-refractivity contribution in [3.63, 3.8) is 0 Å². The van der Waals surface area contributed by atoms with E-state index in [1.807, 2.05) is 0 Å². The molecule has 2 aliphatic rings. The minimum absolute atomic E-state index is 0.322. The van der Waals surface area contributed by atoms with Gasteiger partial charge >= 0.3 is 0 Å². The second-order valence-electron chi connectivity index (χ2n) is 5.28. The lowest BCUT2D eigenvalue weighted by Crippen LogP contribution is -2.43. The summed E-state index contributed by atoms with van der Waals surface area (Å²) in [7, 11) is 0. The second kappa shape index (κ2) is 5.90. The Kier molecular flexibility index (Phi) is 4.51. The molecule has 0 aromatic heterocycles. The minimum Gasteiger partial charge on any atom is -0.342 e. The first-order valence-electron chi connectivity index (χ1n) is 6.66. The van der Waals surface area contributed by atoms with E-state index < -0.39 is 0 Å². The number of likely N-dealkylation sites (tertiary alicyclic amines) is 1. The van der Waals surface area contributed by atoms with E-state index in [4.69, 9.17) is 11.6 Å². The van der Waals surface area contributed by atoms with Crippen LogP contribution < -0.4 is 0 Å². The van der Waals surface area contributed by atoms with Crippen LogP contribution in [-0.2, 0) is 4.79 Å². The Morgan fingerprint density at radius 1 is 1.12 bits per heavy atom. The molecule has 0 spiro atoms. The molecule has 1 heterocycles. The lowest BCUT2D eigenvalue weighted by molar-refractivity contribution is -0.138. The molecule has 2 rings (SSSR count). The Balaban J connectivity index is 1.87. The topological polar surface area (TPSA) is 20.3 Å². The van der Waals surface area contributed by atoms with Crippen molar-refractivity contribution in [1.82, 2.24) is 4.90 Å². The Bertz CT molecular complexity index is 238. The molecular formula is C13H22ClNO. The standard InChI is InChI=1S/C13H22ClNO/c14-9-11-5-4-8-15(10-11)13(16)12-6-2-1-3-7-12/h11-12H,1-10H2. The van der Waals surface area contributed by atoms with Gasteiger partial charge < -0.3 is 4.90 Å². The van der Waals surface area contributed by atoms with Gasteiger partial charge in [0.25, 0.3) is 0 Å². The molecule has 0 bridgehead atoms. The van der Waals surface area contributed by atoms with Gasteiger partial charge in [-0.2, -0.15) is 0 Å². The first kappa shape index (κ1) is 12.2. The number of halogens is 1. The van der Waals surface area contributed by atoms with Gasteiger partial charge in [-0.1, -0.05) is 19.3 Å². The number of hydrogen-bond acceptors (Lipinski definition) is 1. The summed E-state index contributed by atoms with van der Waals surface area (Å²) in [6.45, 7) is 1.86. The van der Waals surface area contributed by atoms with Gasteiger partial charge in [-0.3, -0.25) is 4.79 Å². The Morgan fingerprint density at radius 3 is 2.56 bits per heavy atom. The highest BCUT2D eigenvalue weighted by atomic mass is 35.5. The zero-order valence-electron chi connectivity index (χ0n) is 9.96. The van der Waals surface area contributed by atoms with Crippen LogP contribution in [0.2, 0.25) is 0 Å². The molecule has 1 amide bonds. The summed E-state index contributed by atoms with van der Waals surface area (Å²) in [4.78, 5) is 14.4. The average Bonchev–Trinajstić information content (AvgIpc) is 2.39. The van der Waals surface area contributed by atoms with Gasteiger partial charge in [0, 0.05) is 24.9 Å². The number of carbonyl (C=O) groups is 1. The molecule has 92 valence electrons. The number of carbonyl (C=O) groups excluding carboxylic acids is 1. The minimum atomic E-state index is 0.322. The van der Waals surface area contributed by atoms with Crippen LogP contribution in [0.25, 0.3) is 0 Å². The lowest BCUT2D eigenvalue weighted by Gasteiger charge is -2.35. The van der Waals surface area contributed by atoms with Crippen LogP contribution in [-0.4, -0.2) is 29.8 Å². The van der Waals surface area contributed by atoms with E-state index in [0.29, 0.717) is 23.6 Å². The Labute approximate surface area is 103 Å². The first-order chi connectivity index (χ1) is 7.81. The van der Waals surface area contributed by atoms with Crippen LogP contribution in [0.4, 0.5) is 0 Å². The van der Waals surface area contributed by atoms with Gasteiger partial charge in [0.2, 0.25) is 5.91 Å². The highest BCUT2D eigenvalue weighted by Gasteiger charge is 2.29. The molecule has 1 saturated heterocycles. The third kappa shape index (κ3) is 2.91. The lowest BCUT2D eigenvalue weighted by atomic mass is 9.87. The normalized spacial score (nSPS) is 28.1. The predicted molar refractivity (Wildman–Crippen MR) is 66.6 cm³/mol. The number of amides is 1. The van der Waals surface area contributed by atoms with E-state index in [-0.39, 0.29) is 0 Å². The molecule has 1 aliphatic heterocycles. The largest absolute Gasteiger partial charge is 0.342 e. The summed E-state index contributed by atoms with van der Waals surface area (Å²) < 4.78 is 0. The third-order valence-corrected chi connectivity index (χ3v) is 4.44. The Morgan fingerprint density at radius 2 is 1.88 bits per heavy atom. The molecule has 0 N–H and O–H groups in total. The van der Waals surface area contributed by atoms with Gasteiger partial charge in [-0.15, -0.1) is 11.6 Å². The van der Waals surface area contributed by atoms with Crippen LogP contribution in [0, 0.1) is 11.8 Å². The number of alkyl halides is 1. The van der Waals surface area contributed by atoms with Crippen molar-refractivity contribution in [3.8, 4) is 0 Å². The summed E-state index contributed by atoms with van der Waals surface area (Å²) in [5, 5.41) is 0. The van der Waals surface area contributed by atoms with Crippen molar-refractivity contribution in [3.05, 3.63) is 0 Å². The van der Waals surface area contributed by atoms with Crippen LogP contribution >= 0.6 is 11.6 Å². The Hall–Kier alpha value is -0.240. The van der Waals surface area contributed by atoms with Crippen LogP contribution in [0.1, 0.15) is 44.9 Å². The summed E-state index contributed by atoms with van der Waals surface area (Å²) in [6.07, 6.45) is 8.34. The maximum Gasteiger partial charge on any atom is 0.225 e. The van der Waals surface area contributed by atoms with E-state index in [1.54, 1.807) is 0 Å². The maximum absolute atomic E-state index is 12.3. The van der Waals surface area contributed by atoms with E-state index >= 15 is 0 Å². The highest BCUT2D eigenvalue weighted by Crippen LogP contribution is 2.27. The van der Waals surface area contributed by atoms with Crippen molar-refractivity contribution >= 4 is 17.5 Å². The van der Waals surface area contributed by atoms with Crippen LogP contribution in [0.15, 0.2) is 0 Å². The van der Waals surface area contributed by atoms with Gasteiger partial charge in [0.1, 0.15) is 0 Å². The van der Waals surface area contributed by atoms with Gasteiger partial charge in [-0.25, -0.2) is 0 Å². The number of hydrogen-bond donors (Lipinski definition) is 0. The monoisotopic (exact) mass is 243 g/mol. The average molecular weight is 244 g/mol. The molecule has 3 heteroatoms. The van der Waals surface area contributed by atoms with Crippen molar-refractivity contribution in [2.45, 2.75) is 44.9 Å². The highest BCUT2D eigenvalue weighted by molar-refractivity contribution is 6.18. The molecule has 1 atom stereocenters. The molecule has 2 fully saturated rings. The summed E-state index contributed by atoms with van der Waals surface area (Å²) in [6, 6.07) is 0. The predicted octanol–water partition coefficient (Wildman–Crippen LogP) is 3.04. The van der Waals surface area contributed by atoms with E-state index in [1.165, 1.54) is 25.7 Å². The zero-order chi connectivity index (χ0) is 11.4. The van der Waals surface area contributed by atoms with Crippen molar-refractivity contribution in [2.24, 2.45) is 11.8 Å². The van der Waals surface area contributed by atoms with E-state index in [9.17, 15) is 4.79 Å². The molecule has 1 unspecified atom stereocenters. The molecule has 2 nitrogen and oxygen atoms in total. The molecule has 1 aliphatic carbocycles. The van der Waals surface area contributed by atoms with Crippen molar-refractivity contribution in [1.29, 1.82) is 0 Å². The SMILES string of the molecule is O=C(C1CCCCC1)N1CCCC(CCl)C1. The first-order valence-corrected chi connectivity index (χ1v) is 7.19. The quantitative estimate of drug-likeness (QED) is 0.683. The summed E-state index contributed by atoms with van der Waals surface area (Å²) in [5.41, 5.74) is 0. The fourth-order valence-corrected chi connectivity index (χ4v) is 3.25. The summed E-state index contributed by atoms with van der Waals surface area (Å²) >= 11 is 5.90. The number of nitrogens with zero attached hydrogens (tertiary/aromatic N) is 1. The van der Waals surface area contributed by atoms with E-state index in [0.717, 1.165) is 32.4 Å². The smallest absolute Gasteiger partial charge is 0.225 e. The van der Waals surface area contributed by atoms with Crippen molar-refractivity contribution in [2.75, 3.05) is 19.0 Å². The number of piperidine rings is 1. The van der Waals surface area contributed by atoms with Gasteiger partial charge in [-0.05, 0) is 31.6 Å². The summed E-state index contributed by atoms with van der Waals surface area (Å²) in [5.74, 6) is 1.97. The molecule has 0 aromatic carbocycles. The molecular weight excluding hydrogens is 222 g/mol. The fourth-order valence-electron chi connectivity index (χ4n) is 3.00. The van der Waals surface area contributed by atoms with Gasteiger partial charge in [0.15, 0.2) is 0 Å². The van der Waals surface area contributed by atoms with Crippen molar-refractivity contribution < 1.29 is 4.79 Å². The van der Waals surface area contributed by atoms with Crippen LogP contribution in [0.3, 0.4) is 0 Å². The molecule has 16 heavy (non-hydrogen) atoms. The maximum atomic E-state index is 12.3. The van der Waals surface area contributed by atoms with Crippen LogP contribution in [0.5, 0.6) is 0 Å². The fraction of sp³-hybridized carbons (Fsp3) is 0.923. The second-order valence-corrected chi connectivity index (χ2v) is 5.59. The molecule has 1 saturated carbocycles. The van der Waals surface area contributed by atoms with Gasteiger partial charge in [0.05, 0.1) is 0 Å². The number of rotatable bonds is 2. The van der Waals surface area contributed by atoms with E-state index in [2.05, 4.69) is 4.90 Å². The molecule has 0 aromatic rings. The zero-order valence-corrected chi connectivity index (χ0v) is 10.7. The molecule has 0 radical (unpaired) electrons. The third-order valence-electron chi connectivity index (χ3n) is 4.00.